The molecule has 0 bridgehead atoms. The van der Waals surface area contributed by atoms with Crippen LogP contribution in [0.25, 0.3) is 32.7 Å². The summed E-state index contributed by atoms with van der Waals surface area (Å²) in [4.78, 5) is 41.7. The first kappa shape index (κ1) is 18.0. The summed E-state index contributed by atoms with van der Waals surface area (Å²) in [5, 5.41) is 1.34. The van der Waals surface area contributed by atoms with Crippen LogP contribution in [0.15, 0.2) is 46.1 Å². The van der Waals surface area contributed by atoms with Crippen molar-refractivity contribution in [2.45, 2.75) is 27.3 Å². The number of hydrogen-bond donors (Lipinski definition) is 1. The van der Waals surface area contributed by atoms with E-state index in [2.05, 4.69) is 4.98 Å². The van der Waals surface area contributed by atoms with Gasteiger partial charge in [-0.25, -0.2) is 4.79 Å². The van der Waals surface area contributed by atoms with Crippen LogP contribution in [0.5, 0.6) is 0 Å². The molecule has 142 valence electrons. The van der Waals surface area contributed by atoms with Gasteiger partial charge in [-0.2, -0.15) is 0 Å². The van der Waals surface area contributed by atoms with E-state index in [-0.39, 0.29) is 17.6 Å². The summed E-state index contributed by atoms with van der Waals surface area (Å²) in [5.74, 6) is -0.651. The van der Waals surface area contributed by atoms with Crippen molar-refractivity contribution in [2.24, 2.45) is 0 Å². The van der Waals surface area contributed by atoms with Gasteiger partial charge >= 0.3 is 5.97 Å². The number of H-pyrrole nitrogens is 1. The largest absolute Gasteiger partial charge is 0.462 e. The van der Waals surface area contributed by atoms with Crippen molar-refractivity contribution in [1.29, 1.82) is 0 Å². The van der Waals surface area contributed by atoms with E-state index in [1.165, 1.54) is 0 Å². The lowest BCUT2D eigenvalue weighted by Crippen LogP contribution is -2.21. The van der Waals surface area contributed by atoms with Gasteiger partial charge in [0, 0.05) is 34.4 Å². The van der Waals surface area contributed by atoms with Crippen LogP contribution in [0.1, 0.15) is 29.8 Å². The van der Waals surface area contributed by atoms with Crippen molar-refractivity contribution in [3.63, 3.8) is 0 Å². The molecule has 0 aliphatic heterocycles. The number of aryl methyl sites for hydroxylation is 2. The van der Waals surface area contributed by atoms with Crippen LogP contribution in [-0.2, 0) is 11.3 Å². The number of para-hydroxylation sites is 1. The van der Waals surface area contributed by atoms with Crippen LogP contribution in [0.2, 0.25) is 0 Å². The van der Waals surface area contributed by atoms with Gasteiger partial charge in [-0.05, 0) is 44.5 Å². The first-order valence-electron chi connectivity index (χ1n) is 9.26. The van der Waals surface area contributed by atoms with Crippen LogP contribution in [0.3, 0.4) is 0 Å². The molecule has 2 heterocycles. The number of ether oxygens (including phenoxy) is 1. The lowest BCUT2D eigenvalue weighted by atomic mass is 10.0. The summed E-state index contributed by atoms with van der Waals surface area (Å²) < 4.78 is 6.89. The van der Waals surface area contributed by atoms with Crippen molar-refractivity contribution in [1.82, 2.24) is 9.55 Å². The maximum absolute atomic E-state index is 13.1. The van der Waals surface area contributed by atoms with Gasteiger partial charge in [0.05, 0.1) is 17.6 Å². The Balaban J connectivity index is 2.22. The standard InChI is InChI=1S/C22H20N2O4/c1-4-24-11-16(22(27)28-5-2)21(26)15-10-14-18(12(3)19(15)24)23-17-9-7-6-8-13(17)20(14)25/h6-11H,4-5H2,1-3H3,(H,23,25). The normalized spacial score (nSPS) is 11.4. The Kier molecular flexibility index (Phi) is 4.26. The molecule has 28 heavy (non-hydrogen) atoms. The average molecular weight is 376 g/mol. The molecular weight excluding hydrogens is 356 g/mol. The number of carbonyl (C=O) groups is 1. The zero-order chi connectivity index (χ0) is 20.0. The third-order valence-corrected chi connectivity index (χ3v) is 5.12. The second-order valence-corrected chi connectivity index (χ2v) is 6.70. The molecule has 0 fully saturated rings. The molecule has 0 spiro atoms. The molecule has 0 aliphatic rings. The third-order valence-electron chi connectivity index (χ3n) is 5.12. The second-order valence-electron chi connectivity index (χ2n) is 6.70. The van der Waals surface area contributed by atoms with E-state index in [0.29, 0.717) is 33.7 Å². The summed E-state index contributed by atoms with van der Waals surface area (Å²) >= 11 is 0. The van der Waals surface area contributed by atoms with Gasteiger partial charge in [0.1, 0.15) is 5.56 Å². The molecular formula is C22H20N2O4. The smallest absolute Gasteiger partial charge is 0.343 e. The third kappa shape index (κ3) is 2.52. The lowest BCUT2D eigenvalue weighted by Gasteiger charge is -2.15. The molecule has 2 aromatic carbocycles. The molecule has 0 unspecified atom stereocenters. The van der Waals surface area contributed by atoms with Crippen molar-refractivity contribution < 1.29 is 9.53 Å². The summed E-state index contributed by atoms with van der Waals surface area (Å²) in [6.45, 7) is 6.26. The van der Waals surface area contributed by atoms with Crippen LogP contribution in [0.4, 0.5) is 0 Å². The lowest BCUT2D eigenvalue weighted by molar-refractivity contribution is 0.0524. The van der Waals surface area contributed by atoms with E-state index >= 15 is 0 Å². The van der Waals surface area contributed by atoms with Gasteiger partial charge in [-0.3, -0.25) is 9.59 Å². The fourth-order valence-corrected chi connectivity index (χ4v) is 3.79. The summed E-state index contributed by atoms with van der Waals surface area (Å²) in [6, 6.07) is 8.89. The first-order chi connectivity index (χ1) is 13.5. The molecule has 0 aliphatic carbocycles. The van der Waals surface area contributed by atoms with E-state index in [0.717, 1.165) is 11.1 Å². The monoisotopic (exact) mass is 376 g/mol. The number of aromatic nitrogens is 2. The highest BCUT2D eigenvalue weighted by atomic mass is 16.5. The van der Waals surface area contributed by atoms with Gasteiger partial charge in [-0.1, -0.05) is 12.1 Å². The van der Waals surface area contributed by atoms with E-state index in [4.69, 9.17) is 4.74 Å². The van der Waals surface area contributed by atoms with Gasteiger partial charge in [0.25, 0.3) is 0 Å². The Labute approximate surface area is 160 Å². The Hall–Kier alpha value is -3.41. The van der Waals surface area contributed by atoms with Crippen LogP contribution >= 0.6 is 0 Å². The number of nitrogens with one attached hydrogen (secondary N) is 1. The number of rotatable bonds is 3. The Bertz CT molecular complexity index is 1380. The number of fused-ring (bicyclic) bond motifs is 3. The maximum Gasteiger partial charge on any atom is 0.343 e. The first-order valence-corrected chi connectivity index (χ1v) is 9.26. The highest BCUT2D eigenvalue weighted by Gasteiger charge is 2.20. The fourth-order valence-electron chi connectivity index (χ4n) is 3.79. The van der Waals surface area contributed by atoms with E-state index in [1.807, 2.05) is 30.5 Å². The minimum Gasteiger partial charge on any atom is -0.462 e. The van der Waals surface area contributed by atoms with Crippen molar-refractivity contribution >= 4 is 38.7 Å². The van der Waals surface area contributed by atoms with Crippen molar-refractivity contribution in [3.05, 3.63) is 68.1 Å². The van der Waals surface area contributed by atoms with Gasteiger partial charge in [-0.15, -0.1) is 0 Å². The molecule has 0 amide bonds. The SMILES string of the molecule is CCOC(=O)c1cn(CC)c2c(C)c3[nH]c4ccccc4c(=O)c3cc2c1=O. The van der Waals surface area contributed by atoms with E-state index < -0.39 is 11.4 Å². The zero-order valence-corrected chi connectivity index (χ0v) is 16.0. The molecule has 0 saturated heterocycles. The maximum atomic E-state index is 13.1. The predicted molar refractivity (Wildman–Crippen MR) is 110 cm³/mol. The minimum absolute atomic E-state index is 0.0211. The molecule has 4 aromatic rings. The number of hydrogen-bond acceptors (Lipinski definition) is 4. The van der Waals surface area contributed by atoms with Crippen molar-refractivity contribution in [3.8, 4) is 0 Å². The fraction of sp³-hybridized carbons (Fsp3) is 0.227. The van der Waals surface area contributed by atoms with Crippen LogP contribution in [-0.4, -0.2) is 22.1 Å². The molecule has 6 heteroatoms. The molecule has 0 saturated carbocycles. The van der Waals surface area contributed by atoms with Gasteiger partial charge < -0.3 is 14.3 Å². The molecule has 0 radical (unpaired) electrons. The van der Waals surface area contributed by atoms with Gasteiger partial charge in [0.15, 0.2) is 5.43 Å². The number of nitrogens with zero attached hydrogens (tertiary/aromatic N) is 1. The summed E-state index contributed by atoms with van der Waals surface area (Å²) in [5.41, 5.74) is 2.36. The van der Waals surface area contributed by atoms with Crippen LogP contribution in [0, 0.1) is 6.92 Å². The zero-order valence-electron chi connectivity index (χ0n) is 16.0. The van der Waals surface area contributed by atoms with E-state index in [9.17, 15) is 14.4 Å². The molecule has 2 aromatic heterocycles. The number of benzene rings is 2. The molecule has 4 rings (SSSR count). The van der Waals surface area contributed by atoms with Crippen LogP contribution < -0.4 is 10.9 Å². The predicted octanol–water partition coefficient (Wildman–Crippen LogP) is 3.50. The summed E-state index contributed by atoms with van der Waals surface area (Å²) in [7, 11) is 0. The second kappa shape index (κ2) is 6.64. The van der Waals surface area contributed by atoms with Gasteiger partial charge in [0.2, 0.25) is 5.43 Å². The number of esters is 1. The van der Waals surface area contributed by atoms with Crippen molar-refractivity contribution in [2.75, 3.05) is 6.61 Å². The highest BCUT2D eigenvalue weighted by Crippen LogP contribution is 2.26. The number of pyridine rings is 2. The Morgan fingerprint density at radius 1 is 1.07 bits per heavy atom. The summed E-state index contributed by atoms with van der Waals surface area (Å²) in [6.07, 6.45) is 1.54. The van der Waals surface area contributed by atoms with E-state index in [1.54, 1.807) is 31.3 Å². The topological polar surface area (TPSA) is 81.2 Å². The Morgan fingerprint density at radius 3 is 2.54 bits per heavy atom. The molecule has 0 atom stereocenters. The number of carbonyl (C=O) groups excluding carboxylic acids is 1. The molecule has 1 N–H and O–H groups in total. The quantitative estimate of drug-likeness (QED) is 0.438. The number of aromatic amines is 1. The Morgan fingerprint density at radius 2 is 1.82 bits per heavy atom. The average Bonchev–Trinajstić information content (AvgIpc) is 2.70. The minimum atomic E-state index is -0.651. The highest BCUT2D eigenvalue weighted by molar-refractivity contribution is 6.04. The molecule has 6 nitrogen and oxygen atoms in total.